The molecule has 1 atom stereocenters. The number of nitrogens with zero attached hydrogens (tertiary/aromatic N) is 3. The Morgan fingerprint density at radius 2 is 2.00 bits per heavy atom. The number of benzene rings is 1. The van der Waals surface area contributed by atoms with E-state index in [-0.39, 0.29) is 12.2 Å². The molecule has 4 rings (SSSR count). The van der Waals surface area contributed by atoms with Crippen LogP contribution in [0.15, 0.2) is 24.3 Å². The first-order valence-corrected chi connectivity index (χ1v) is 9.20. The number of para-hydroxylation sites is 1. The average Bonchev–Trinajstić information content (AvgIpc) is 3.09. The molecule has 23 heavy (non-hydrogen) atoms. The highest BCUT2D eigenvalue weighted by atomic mass is 32.1. The molecule has 5 nitrogen and oxygen atoms in total. The van der Waals surface area contributed by atoms with E-state index in [9.17, 15) is 4.79 Å². The summed E-state index contributed by atoms with van der Waals surface area (Å²) < 4.78 is 1.13. The molecular weight excluding hydrogens is 308 g/mol. The lowest BCUT2D eigenvalue weighted by molar-refractivity contribution is 0.229. The molecule has 1 aromatic carbocycles. The minimum Gasteiger partial charge on any atom is -0.324 e. The van der Waals surface area contributed by atoms with Gasteiger partial charge in [-0.3, -0.25) is 10.2 Å². The number of hydrogen-bond donors (Lipinski definition) is 1. The predicted octanol–water partition coefficient (Wildman–Crippen LogP) is 3.42. The molecule has 2 heterocycles. The number of hydrogen-bond acceptors (Lipinski definition) is 4. The van der Waals surface area contributed by atoms with Crippen molar-refractivity contribution in [3.8, 4) is 0 Å². The Bertz CT molecular complexity index is 676. The lowest BCUT2D eigenvalue weighted by Crippen LogP contribution is -2.49. The van der Waals surface area contributed by atoms with Crippen molar-refractivity contribution in [2.24, 2.45) is 0 Å². The number of aromatic nitrogens is 1. The highest BCUT2D eigenvalue weighted by Crippen LogP contribution is 2.32. The first kappa shape index (κ1) is 14.9. The van der Waals surface area contributed by atoms with Gasteiger partial charge in [0.1, 0.15) is 6.17 Å². The van der Waals surface area contributed by atoms with E-state index < -0.39 is 0 Å². The van der Waals surface area contributed by atoms with Gasteiger partial charge in [0.25, 0.3) is 0 Å². The Hall–Kier alpha value is -1.66. The Kier molecular flexibility index (Phi) is 3.95. The molecule has 0 bridgehead atoms. The third kappa shape index (κ3) is 2.81. The van der Waals surface area contributed by atoms with Crippen LogP contribution in [0.3, 0.4) is 0 Å². The van der Waals surface area contributed by atoms with Crippen LogP contribution in [0.25, 0.3) is 10.2 Å². The van der Waals surface area contributed by atoms with E-state index in [4.69, 9.17) is 0 Å². The summed E-state index contributed by atoms with van der Waals surface area (Å²) in [4.78, 5) is 20.9. The molecule has 2 aliphatic rings. The van der Waals surface area contributed by atoms with Crippen molar-refractivity contribution < 1.29 is 4.79 Å². The Morgan fingerprint density at radius 3 is 2.78 bits per heavy atom. The van der Waals surface area contributed by atoms with E-state index in [2.05, 4.69) is 16.4 Å². The molecule has 6 heteroatoms. The van der Waals surface area contributed by atoms with Gasteiger partial charge < -0.3 is 4.90 Å². The van der Waals surface area contributed by atoms with Gasteiger partial charge in [-0.05, 0) is 25.0 Å². The van der Waals surface area contributed by atoms with Crippen LogP contribution in [0.4, 0.5) is 9.93 Å². The molecule has 0 spiro atoms. The average molecular weight is 330 g/mol. The van der Waals surface area contributed by atoms with Crippen molar-refractivity contribution >= 4 is 32.7 Å². The molecule has 122 valence electrons. The molecule has 1 saturated heterocycles. The molecule has 1 N–H and O–H groups in total. The van der Waals surface area contributed by atoms with E-state index in [0.717, 1.165) is 15.3 Å². The van der Waals surface area contributed by atoms with Crippen LogP contribution in [0.2, 0.25) is 0 Å². The van der Waals surface area contributed by atoms with Crippen LogP contribution in [-0.4, -0.2) is 41.7 Å². The van der Waals surface area contributed by atoms with Crippen LogP contribution in [0.5, 0.6) is 0 Å². The number of likely N-dealkylation sites (N-methyl/N-ethyl adjacent to an activating group) is 1. The Labute approximate surface area is 140 Å². The number of nitrogens with one attached hydrogen (secondary N) is 1. The predicted molar refractivity (Wildman–Crippen MR) is 93.9 cm³/mol. The lowest BCUT2D eigenvalue weighted by Gasteiger charge is -2.29. The monoisotopic (exact) mass is 330 g/mol. The summed E-state index contributed by atoms with van der Waals surface area (Å²) in [6.07, 6.45) is 6.36. The van der Waals surface area contributed by atoms with Gasteiger partial charge in [-0.15, -0.1) is 0 Å². The van der Waals surface area contributed by atoms with Crippen molar-refractivity contribution in [2.75, 3.05) is 18.5 Å². The molecule has 1 unspecified atom stereocenters. The number of amides is 2. The number of anilines is 1. The number of thiazole rings is 1. The van der Waals surface area contributed by atoms with Crippen molar-refractivity contribution in [1.82, 2.24) is 15.2 Å². The van der Waals surface area contributed by atoms with Gasteiger partial charge in [0, 0.05) is 13.1 Å². The maximum Gasteiger partial charge on any atom is 0.327 e. The molecular formula is C17H22N4OS. The van der Waals surface area contributed by atoms with E-state index in [1.807, 2.05) is 30.1 Å². The second-order valence-electron chi connectivity index (χ2n) is 6.51. The summed E-state index contributed by atoms with van der Waals surface area (Å²) in [6, 6.07) is 8.62. The molecule has 1 aliphatic carbocycles. The molecule has 1 aliphatic heterocycles. The van der Waals surface area contributed by atoms with Crippen LogP contribution in [-0.2, 0) is 0 Å². The zero-order valence-corrected chi connectivity index (χ0v) is 14.2. The zero-order chi connectivity index (χ0) is 15.8. The second-order valence-corrected chi connectivity index (χ2v) is 7.52. The molecule has 2 amide bonds. The number of carbonyl (C=O) groups excluding carboxylic acids is 1. The van der Waals surface area contributed by atoms with Crippen LogP contribution < -0.4 is 10.2 Å². The van der Waals surface area contributed by atoms with Gasteiger partial charge in [-0.25, -0.2) is 9.78 Å². The zero-order valence-electron chi connectivity index (χ0n) is 13.4. The van der Waals surface area contributed by atoms with Gasteiger partial charge in [0.2, 0.25) is 0 Å². The van der Waals surface area contributed by atoms with E-state index >= 15 is 0 Å². The fourth-order valence-electron chi connectivity index (χ4n) is 3.58. The molecule has 2 fully saturated rings. The van der Waals surface area contributed by atoms with Crippen LogP contribution in [0, 0.1) is 0 Å². The van der Waals surface area contributed by atoms with Gasteiger partial charge >= 0.3 is 6.03 Å². The minimum atomic E-state index is 0.0242. The summed E-state index contributed by atoms with van der Waals surface area (Å²) in [6.45, 7) is 0.714. The standard InChI is InChI=1S/C17H22N4OS/c1-20-11-15(18-12-7-3-2-4-8-12)21(17(20)22)16-19-13-9-5-6-10-14(13)23-16/h5-6,9-10,12,15,18H,2-4,7-8,11H2,1H3. The SMILES string of the molecule is CN1CC(NC2CCCCC2)N(c2nc3ccccc3s2)C1=O. The van der Waals surface area contributed by atoms with Gasteiger partial charge in [0.15, 0.2) is 5.13 Å². The second kappa shape index (κ2) is 6.09. The van der Waals surface area contributed by atoms with Gasteiger partial charge in [-0.1, -0.05) is 42.7 Å². The third-order valence-corrected chi connectivity index (χ3v) is 5.85. The van der Waals surface area contributed by atoms with E-state index in [1.54, 1.807) is 16.2 Å². The molecule has 1 aromatic heterocycles. The molecule has 1 saturated carbocycles. The summed E-state index contributed by atoms with van der Waals surface area (Å²) in [5.41, 5.74) is 0.964. The quantitative estimate of drug-likeness (QED) is 0.938. The smallest absolute Gasteiger partial charge is 0.324 e. The fourth-order valence-corrected chi connectivity index (χ4v) is 4.59. The van der Waals surface area contributed by atoms with Crippen molar-refractivity contribution in [2.45, 2.75) is 44.3 Å². The molecule has 2 aromatic rings. The number of carbonyl (C=O) groups is 1. The van der Waals surface area contributed by atoms with Crippen LogP contribution in [0.1, 0.15) is 32.1 Å². The summed E-state index contributed by atoms with van der Waals surface area (Å²) in [5.74, 6) is 0. The number of fused-ring (bicyclic) bond motifs is 1. The van der Waals surface area contributed by atoms with E-state index in [1.165, 1.54) is 32.1 Å². The molecule has 0 radical (unpaired) electrons. The lowest BCUT2D eigenvalue weighted by atomic mass is 9.95. The van der Waals surface area contributed by atoms with Crippen molar-refractivity contribution in [3.63, 3.8) is 0 Å². The third-order valence-electron chi connectivity index (χ3n) is 4.81. The highest BCUT2D eigenvalue weighted by Gasteiger charge is 2.39. The topological polar surface area (TPSA) is 48.5 Å². The van der Waals surface area contributed by atoms with Crippen LogP contribution >= 0.6 is 11.3 Å². The number of urea groups is 1. The first-order chi connectivity index (χ1) is 11.2. The first-order valence-electron chi connectivity index (χ1n) is 8.38. The van der Waals surface area contributed by atoms with Crippen molar-refractivity contribution in [3.05, 3.63) is 24.3 Å². The summed E-state index contributed by atoms with van der Waals surface area (Å²) >= 11 is 1.59. The highest BCUT2D eigenvalue weighted by molar-refractivity contribution is 7.22. The van der Waals surface area contributed by atoms with Gasteiger partial charge in [-0.2, -0.15) is 0 Å². The van der Waals surface area contributed by atoms with Gasteiger partial charge in [0.05, 0.1) is 16.8 Å². The minimum absolute atomic E-state index is 0.0242. The largest absolute Gasteiger partial charge is 0.327 e. The van der Waals surface area contributed by atoms with E-state index in [0.29, 0.717) is 12.6 Å². The summed E-state index contributed by atoms with van der Waals surface area (Å²) in [5, 5.41) is 4.50. The number of rotatable bonds is 3. The normalized spacial score (nSPS) is 23.2. The van der Waals surface area contributed by atoms with Crippen molar-refractivity contribution in [1.29, 1.82) is 0 Å². The maximum atomic E-state index is 12.6. The Balaban J connectivity index is 1.61. The maximum absolute atomic E-state index is 12.6. The Morgan fingerprint density at radius 1 is 1.22 bits per heavy atom. The summed E-state index contributed by atoms with van der Waals surface area (Å²) in [7, 11) is 1.87. The fraction of sp³-hybridized carbons (Fsp3) is 0.529.